The van der Waals surface area contributed by atoms with Crippen LogP contribution in [-0.2, 0) is 6.54 Å². The highest BCUT2D eigenvalue weighted by Crippen LogP contribution is 2.21. The molecular weight excluding hydrogens is 190 g/mol. The zero-order valence-electron chi connectivity index (χ0n) is 8.10. The average molecular weight is 201 g/mol. The molecule has 2 heterocycles. The van der Waals surface area contributed by atoms with Crippen LogP contribution in [0.25, 0.3) is 17.0 Å². The van der Waals surface area contributed by atoms with Gasteiger partial charge in [-0.05, 0) is 17.0 Å². The SMILES string of the molecule is O.O=c1ccc2cccc3c2n1CC=C3. The highest BCUT2D eigenvalue weighted by Gasteiger charge is 2.07. The van der Waals surface area contributed by atoms with Gasteiger partial charge in [-0.2, -0.15) is 0 Å². The fourth-order valence-corrected chi connectivity index (χ4v) is 1.99. The normalized spacial score (nSPS) is 12.5. The van der Waals surface area contributed by atoms with Crippen molar-refractivity contribution in [2.24, 2.45) is 0 Å². The van der Waals surface area contributed by atoms with Crippen molar-refractivity contribution in [3.05, 3.63) is 52.3 Å². The molecule has 0 atom stereocenters. The maximum atomic E-state index is 11.6. The summed E-state index contributed by atoms with van der Waals surface area (Å²) in [7, 11) is 0. The number of aromatic nitrogens is 1. The van der Waals surface area contributed by atoms with E-state index in [1.54, 1.807) is 6.07 Å². The van der Waals surface area contributed by atoms with Gasteiger partial charge in [-0.15, -0.1) is 0 Å². The zero-order chi connectivity index (χ0) is 9.54. The molecule has 0 amide bonds. The second-order valence-electron chi connectivity index (χ2n) is 3.47. The Bertz CT molecular complexity index is 596. The minimum atomic E-state index is 0. The number of para-hydroxylation sites is 1. The van der Waals surface area contributed by atoms with Crippen LogP contribution in [0, 0.1) is 0 Å². The molecule has 15 heavy (non-hydrogen) atoms. The summed E-state index contributed by atoms with van der Waals surface area (Å²) in [5, 5.41) is 1.13. The smallest absolute Gasteiger partial charge is 0.251 e. The van der Waals surface area contributed by atoms with Crippen molar-refractivity contribution in [3.8, 4) is 0 Å². The van der Waals surface area contributed by atoms with Gasteiger partial charge < -0.3 is 10.0 Å². The number of benzene rings is 1. The van der Waals surface area contributed by atoms with E-state index in [1.165, 1.54) is 0 Å². The summed E-state index contributed by atoms with van der Waals surface area (Å²) in [6.07, 6.45) is 4.09. The third-order valence-electron chi connectivity index (χ3n) is 2.63. The number of nitrogens with zero attached hydrogens (tertiary/aromatic N) is 1. The second kappa shape index (κ2) is 3.37. The van der Waals surface area contributed by atoms with Crippen LogP contribution in [0.5, 0.6) is 0 Å². The van der Waals surface area contributed by atoms with Gasteiger partial charge in [-0.1, -0.05) is 30.4 Å². The van der Waals surface area contributed by atoms with Crippen molar-refractivity contribution in [3.63, 3.8) is 0 Å². The first-order chi connectivity index (χ1) is 6.86. The van der Waals surface area contributed by atoms with Crippen LogP contribution in [0.4, 0.5) is 0 Å². The van der Waals surface area contributed by atoms with Crippen molar-refractivity contribution in [1.29, 1.82) is 0 Å². The van der Waals surface area contributed by atoms with Gasteiger partial charge in [0.25, 0.3) is 5.56 Å². The van der Waals surface area contributed by atoms with Crippen LogP contribution in [0.3, 0.4) is 0 Å². The Morgan fingerprint density at radius 1 is 1.13 bits per heavy atom. The molecule has 0 aliphatic carbocycles. The van der Waals surface area contributed by atoms with E-state index in [-0.39, 0.29) is 11.0 Å². The van der Waals surface area contributed by atoms with E-state index in [9.17, 15) is 4.79 Å². The largest absolute Gasteiger partial charge is 0.412 e. The van der Waals surface area contributed by atoms with Crippen molar-refractivity contribution in [1.82, 2.24) is 4.57 Å². The maximum absolute atomic E-state index is 11.6. The van der Waals surface area contributed by atoms with Crippen LogP contribution < -0.4 is 5.56 Å². The van der Waals surface area contributed by atoms with E-state index in [0.29, 0.717) is 6.54 Å². The average Bonchev–Trinajstić information content (AvgIpc) is 2.24. The zero-order valence-corrected chi connectivity index (χ0v) is 8.10. The van der Waals surface area contributed by atoms with Gasteiger partial charge >= 0.3 is 0 Å². The van der Waals surface area contributed by atoms with Crippen molar-refractivity contribution in [2.75, 3.05) is 0 Å². The van der Waals surface area contributed by atoms with Crippen molar-refractivity contribution < 1.29 is 5.48 Å². The summed E-state index contributed by atoms with van der Waals surface area (Å²) in [5.74, 6) is 0. The van der Waals surface area contributed by atoms with Gasteiger partial charge in [0, 0.05) is 12.6 Å². The monoisotopic (exact) mass is 201 g/mol. The molecule has 0 bridgehead atoms. The predicted octanol–water partition coefficient (Wildman–Crippen LogP) is 1.20. The fourth-order valence-electron chi connectivity index (χ4n) is 1.99. The third-order valence-corrected chi connectivity index (χ3v) is 2.63. The lowest BCUT2D eigenvalue weighted by Gasteiger charge is -2.13. The Labute approximate surface area is 86.6 Å². The van der Waals surface area contributed by atoms with E-state index >= 15 is 0 Å². The first kappa shape index (κ1) is 9.68. The highest BCUT2D eigenvalue weighted by molar-refractivity contribution is 5.88. The summed E-state index contributed by atoms with van der Waals surface area (Å²) >= 11 is 0. The lowest BCUT2D eigenvalue weighted by Crippen LogP contribution is -2.20. The maximum Gasteiger partial charge on any atom is 0.251 e. The van der Waals surface area contributed by atoms with Crippen molar-refractivity contribution >= 4 is 17.0 Å². The summed E-state index contributed by atoms with van der Waals surface area (Å²) in [6, 6.07) is 9.60. The van der Waals surface area contributed by atoms with Gasteiger partial charge in [0.15, 0.2) is 0 Å². The molecule has 3 nitrogen and oxygen atoms in total. The summed E-state index contributed by atoms with van der Waals surface area (Å²) in [4.78, 5) is 11.6. The molecule has 2 aromatic rings. The molecule has 0 fully saturated rings. The Balaban J connectivity index is 0.000000853. The molecule has 1 aromatic carbocycles. The fraction of sp³-hybridized carbons (Fsp3) is 0.0833. The van der Waals surface area contributed by atoms with E-state index in [2.05, 4.69) is 6.08 Å². The first-order valence-corrected chi connectivity index (χ1v) is 4.65. The van der Waals surface area contributed by atoms with Gasteiger partial charge in [0.05, 0.1) is 5.52 Å². The predicted molar refractivity (Wildman–Crippen MR) is 60.9 cm³/mol. The number of rotatable bonds is 0. The molecule has 0 unspecified atom stereocenters. The minimum absolute atomic E-state index is 0. The van der Waals surface area contributed by atoms with Gasteiger partial charge in [0.1, 0.15) is 0 Å². The molecular formula is C12H11NO2. The van der Waals surface area contributed by atoms with Gasteiger partial charge in [0.2, 0.25) is 0 Å². The molecule has 3 rings (SSSR count). The molecule has 0 saturated heterocycles. The molecule has 0 spiro atoms. The quantitative estimate of drug-likeness (QED) is 0.632. The molecule has 1 aliphatic heterocycles. The van der Waals surface area contributed by atoms with Crippen LogP contribution in [-0.4, -0.2) is 10.0 Å². The van der Waals surface area contributed by atoms with Crippen LogP contribution >= 0.6 is 0 Å². The number of pyridine rings is 1. The van der Waals surface area contributed by atoms with Crippen LogP contribution in [0.2, 0.25) is 0 Å². The van der Waals surface area contributed by atoms with E-state index in [0.717, 1.165) is 16.5 Å². The van der Waals surface area contributed by atoms with Gasteiger partial charge in [-0.25, -0.2) is 0 Å². The van der Waals surface area contributed by atoms with Crippen LogP contribution in [0.1, 0.15) is 5.56 Å². The molecule has 76 valence electrons. The van der Waals surface area contributed by atoms with Crippen molar-refractivity contribution in [2.45, 2.75) is 6.54 Å². The topological polar surface area (TPSA) is 53.5 Å². The molecule has 2 N–H and O–H groups in total. The standard InChI is InChI=1S/C12H9NO.H2O/c14-11-7-6-10-4-1-3-9-5-2-8-13(11)12(9)10;/h1-7H,8H2;1H2. The summed E-state index contributed by atoms with van der Waals surface area (Å²) in [5.41, 5.74) is 2.27. The second-order valence-corrected chi connectivity index (χ2v) is 3.47. The molecule has 3 heteroatoms. The number of hydrogen-bond acceptors (Lipinski definition) is 1. The molecule has 1 aromatic heterocycles. The van der Waals surface area contributed by atoms with E-state index in [4.69, 9.17) is 0 Å². The molecule has 0 saturated carbocycles. The lowest BCUT2D eigenvalue weighted by atomic mass is 10.1. The summed E-state index contributed by atoms with van der Waals surface area (Å²) < 4.78 is 1.81. The Morgan fingerprint density at radius 3 is 2.87 bits per heavy atom. The Hall–Kier alpha value is -1.87. The lowest BCUT2D eigenvalue weighted by molar-refractivity contribution is 0.812. The molecule has 1 aliphatic rings. The Kier molecular flexibility index (Phi) is 2.17. The third kappa shape index (κ3) is 1.28. The highest BCUT2D eigenvalue weighted by atomic mass is 16.1. The van der Waals surface area contributed by atoms with Gasteiger partial charge in [-0.3, -0.25) is 4.79 Å². The minimum Gasteiger partial charge on any atom is -0.412 e. The van der Waals surface area contributed by atoms with E-state index in [1.807, 2.05) is 34.9 Å². The number of hydrogen-bond donors (Lipinski definition) is 0. The first-order valence-electron chi connectivity index (χ1n) is 4.65. The molecule has 0 radical (unpaired) electrons. The number of allylic oxidation sites excluding steroid dienone is 1. The summed E-state index contributed by atoms with van der Waals surface area (Å²) in [6.45, 7) is 0.688. The van der Waals surface area contributed by atoms with E-state index < -0.39 is 0 Å². The van der Waals surface area contributed by atoms with Crippen LogP contribution in [0.15, 0.2) is 41.2 Å². The Morgan fingerprint density at radius 2 is 2.00 bits per heavy atom.